The molecule has 5 heteroatoms. The summed E-state index contributed by atoms with van der Waals surface area (Å²) in [7, 11) is 1.69. The number of amides is 1. The maximum absolute atomic E-state index is 10.7. The molecule has 11 heavy (non-hydrogen) atoms. The van der Waals surface area contributed by atoms with Crippen molar-refractivity contribution in [1.29, 1.82) is 0 Å². The normalized spacial score (nSPS) is 9.18. The lowest BCUT2D eigenvalue weighted by Gasteiger charge is -1.97. The second-order valence-corrected chi connectivity index (χ2v) is 1.90. The van der Waals surface area contributed by atoms with Crippen LogP contribution in [0.3, 0.4) is 0 Å². The molecule has 1 amide bonds. The number of hydrogen-bond acceptors (Lipinski definition) is 3. The second kappa shape index (κ2) is 2.96. The van der Waals surface area contributed by atoms with Crippen molar-refractivity contribution in [2.45, 2.75) is 0 Å². The van der Waals surface area contributed by atoms with Crippen molar-refractivity contribution in [1.82, 2.24) is 14.8 Å². The Balaban J connectivity index is 2.71. The van der Waals surface area contributed by atoms with Crippen LogP contribution in [0.15, 0.2) is 19.0 Å². The fourth-order valence-corrected chi connectivity index (χ4v) is 0.571. The number of carbonyl (C=O) groups excluding carboxylic acids is 1. The van der Waals surface area contributed by atoms with E-state index in [1.165, 1.54) is 17.1 Å². The van der Waals surface area contributed by atoms with Crippen molar-refractivity contribution < 1.29 is 4.79 Å². The van der Waals surface area contributed by atoms with Gasteiger partial charge in [0.25, 0.3) is 0 Å². The van der Waals surface area contributed by atoms with Gasteiger partial charge in [-0.05, 0) is 6.08 Å². The van der Waals surface area contributed by atoms with E-state index in [0.29, 0.717) is 5.95 Å². The molecule has 1 rings (SSSR count). The minimum atomic E-state index is -0.291. The zero-order chi connectivity index (χ0) is 8.27. The molecule has 1 N–H and O–H groups in total. The standard InChI is InChI=1S/C6H8N4O/c1-3-5(11)9-6-7-4-8-10(6)2/h3-4H,1H2,2H3,(H,7,8,9,11). The van der Waals surface area contributed by atoms with Crippen LogP contribution in [-0.2, 0) is 11.8 Å². The van der Waals surface area contributed by atoms with E-state index in [9.17, 15) is 4.79 Å². The first-order valence-corrected chi connectivity index (χ1v) is 3.01. The highest BCUT2D eigenvalue weighted by Gasteiger charge is 2.00. The summed E-state index contributed by atoms with van der Waals surface area (Å²) in [5.41, 5.74) is 0. The molecule has 58 valence electrons. The second-order valence-electron chi connectivity index (χ2n) is 1.90. The van der Waals surface area contributed by atoms with Crippen LogP contribution in [0.2, 0.25) is 0 Å². The summed E-state index contributed by atoms with van der Waals surface area (Å²) < 4.78 is 1.46. The highest BCUT2D eigenvalue weighted by atomic mass is 16.1. The molecule has 0 aliphatic carbocycles. The number of rotatable bonds is 2. The molecule has 0 bridgehead atoms. The van der Waals surface area contributed by atoms with Crippen LogP contribution in [0.4, 0.5) is 5.95 Å². The Hall–Kier alpha value is -1.65. The molecule has 0 saturated heterocycles. The van der Waals surface area contributed by atoms with E-state index in [-0.39, 0.29) is 5.91 Å². The summed E-state index contributed by atoms with van der Waals surface area (Å²) in [5, 5.41) is 6.23. The SMILES string of the molecule is C=CC(=O)Nc1ncnn1C. The van der Waals surface area contributed by atoms with Gasteiger partial charge in [0, 0.05) is 7.05 Å². The quantitative estimate of drug-likeness (QED) is 0.604. The number of carbonyl (C=O) groups is 1. The molecule has 0 radical (unpaired) electrons. The van der Waals surface area contributed by atoms with Gasteiger partial charge in [-0.1, -0.05) is 6.58 Å². The molecule has 1 aromatic heterocycles. The Morgan fingerprint density at radius 1 is 1.91 bits per heavy atom. The molecule has 1 aromatic rings. The molecule has 1 heterocycles. The third kappa shape index (κ3) is 1.64. The van der Waals surface area contributed by atoms with Crippen LogP contribution in [0.25, 0.3) is 0 Å². The lowest BCUT2D eigenvalue weighted by molar-refractivity contribution is -0.111. The molecule has 0 atom stereocenters. The van der Waals surface area contributed by atoms with Crippen LogP contribution < -0.4 is 5.32 Å². The summed E-state index contributed by atoms with van der Waals surface area (Å²) in [6.45, 7) is 3.30. The highest BCUT2D eigenvalue weighted by molar-refractivity contribution is 5.97. The van der Waals surface area contributed by atoms with E-state index in [1.54, 1.807) is 7.05 Å². The minimum Gasteiger partial charge on any atom is -0.291 e. The van der Waals surface area contributed by atoms with Gasteiger partial charge < -0.3 is 0 Å². The Bertz CT molecular complexity index is 278. The molecule has 5 nitrogen and oxygen atoms in total. The number of anilines is 1. The third-order valence-electron chi connectivity index (χ3n) is 1.13. The van der Waals surface area contributed by atoms with Gasteiger partial charge in [-0.15, -0.1) is 0 Å². The van der Waals surface area contributed by atoms with E-state index in [4.69, 9.17) is 0 Å². The van der Waals surface area contributed by atoms with E-state index in [2.05, 4.69) is 22.0 Å². The van der Waals surface area contributed by atoms with Crippen LogP contribution >= 0.6 is 0 Å². The minimum absolute atomic E-state index is 0.291. The van der Waals surface area contributed by atoms with E-state index < -0.39 is 0 Å². The maximum atomic E-state index is 10.7. The largest absolute Gasteiger partial charge is 0.291 e. The number of aromatic nitrogens is 3. The zero-order valence-electron chi connectivity index (χ0n) is 6.11. The molecule has 0 aliphatic heterocycles. The van der Waals surface area contributed by atoms with E-state index in [0.717, 1.165) is 0 Å². The monoisotopic (exact) mass is 152 g/mol. The Morgan fingerprint density at radius 3 is 3.09 bits per heavy atom. The van der Waals surface area contributed by atoms with Crippen molar-refractivity contribution in [3.63, 3.8) is 0 Å². The van der Waals surface area contributed by atoms with Gasteiger partial charge in [0.1, 0.15) is 6.33 Å². The average molecular weight is 152 g/mol. The fraction of sp³-hybridized carbons (Fsp3) is 0.167. The van der Waals surface area contributed by atoms with Crippen molar-refractivity contribution in [2.75, 3.05) is 5.32 Å². The highest BCUT2D eigenvalue weighted by Crippen LogP contribution is 1.96. The van der Waals surface area contributed by atoms with Crippen LogP contribution in [0.5, 0.6) is 0 Å². The summed E-state index contributed by atoms with van der Waals surface area (Å²) >= 11 is 0. The topological polar surface area (TPSA) is 59.8 Å². The number of nitrogens with zero attached hydrogens (tertiary/aromatic N) is 3. The first-order chi connectivity index (χ1) is 5.24. The van der Waals surface area contributed by atoms with Crippen molar-refractivity contribution in [3.05, 3.63) is 19.0 Å². The number of nitrogens with one attached hydrogen (secondary N) is 1. The predicted molar refractivity (Wildman–Crippen MR) is 39.8 cm³/mol. The average Bonchev–Trinajstić information content (AvgIpc) is 2.37. The first kappa shape index (κ1) is 7.46. The fourth-order valence-electron chi connectivity index (χ4n) is 0.571. The molecule has 0 saturated carbocycles. The summed E-state index contributed by atoms with van der Waals surface area (Å²) in [4.78, 5) is 14.5. The maximum Gasteiger partial charge on any atom is 0.250 e. The van der Waals surface area contributed by atoms with Crippen molar-refractivity contribution in [2.24, 2.45) is 7.05 Å². The molecular weight excluding hydrogens is 144 g/mol. The van der Waals surface area contributed by atoms with Crippen molar-refractivity contribution >= 4 is 11.9 Å². The molecule has 0 aromatic carbocycles. The Labute approximate surface area is 63.7 Å². The molecular formula is C6H8N4O. The molecule has 0 spiro atoms. The first-order valence-electron chi connectivity index (χ1n) is 3.01. The van der Waals surface area contributed by atoms with Gasteiger partial charge in [-0.2, -0.15) is 10.1 Å². The molecule has 0 unspecified atom stereocenters. The van der Waals surface area contributed by atoms with Crippen LogP contribution in [-0.4, -0.2) is 20.7 Å². The van der Waals surface area contributed by atoms with Gasteiger partial charge in [0.05, 0.1) is 0 Å². The van der Waals surface area contributed by atoms with Gasteiger partial charge in [0.15, 0.2) is 0 Å². The summed E-state index contributed by atoms with van der Waals surface area (Å²) in [5.74, 6) is 0.121. The van der Waals surface area contributed by atoms with E-state index in [1.807, 2.05) is 0 Å². The van der Waals surface area contributed by atoms with Gasteiger partial charge in [0.2, 0.25) is 11.9 Å². The molecule has 0 aliphatic rings. The third-order valence-corrected chi connectivity index (χ3v) is 1.13. The summed E-state index contributed by atoms with van der Waals surface area (Å²) in [6, 6.07) is 0. The van der Waals surface area contributed by atoms with Crippen molar-refractivity contribution in [3.8, 4) is 0 Å². The lowest BCUT2D eigenvalue weighted by Crippen LogP contribution is -2.11. The number of hydrogen-bond donors (Lipinski definition) is 1. The summed E-state index contributed by atoms with van der Waals surface area (Å²) in [6.07, 6.45) is 2.54. The molecule has 0 fully saturated rings. The smallest absolute Gasteiger partial charge is 0.250 e. The van der Waals surface area contributed by atoms with Gasteiger partial charge >= 0.3 is 0 Å². The van der Waals surface area contributed by atoms with Crippen LogP contribution in [0, 0.1) is 0 Å². The van der Waals surface area contributed by atoms with E-state index >= 15 is 0 Å². The lowest BCUT2D eigenvalue weighted by atomic mass is 10.6. The van der Waals surface area contributed by atoms with Gasteiger partial charge in [-0.25, -0.2) is 4.68 Å². The Kier molecular flexibility index (Phi) is 2.00. The zero-order valence-corrected chi connectivity index (χ0v) is 6.11. The predicted octanol–water partition coefficient (Wildman–Crippen LogP) is -0.0604. The Morgan fingerprint density at radius 2 is 2.64 bits per heavy atom. The van der Waals surface area contributed by atoms with Crippen LogP contribution in [0.1, 0.15) is 0 Å². The van der Waals surface area contributed by atoms with Gasteiger partial charge in [-0.3, -0.25) is 10.1 Å². The number of aryl methyl sites for hydroxylation is 1.